The number of benzene rings is 1. The van der Waals surface area contributed by atoms with Gasteiger partial charge in [0.15, 0.2) is 0 Å². The molecule has 0 saturated heterocycles. The number of carboxylic acids is 1. The van der Waals surface area contributed by atoms with Crippen molar-refractivity contribution >= 4 is 23.5 Å². The van der Waals surface area contributed by atoms with Crippen LogP contribution in [0.3, 0.4) is 0 Å². The van der Waals surface area contributed by atoms with Crippen molar-refractivity contribution in [2.45, 2.75) is 89.4 Å². The second-order valence-corrected chi connectivity index (χ2v) is 10.6. The number of aliphatic hydroxyl groups excluding tert-OH is 1. The average Bonchev–Trinajstić information content (AvgIpc) is 3.07. The predicted octanol–water partition coefficient (Wildman–Crippen LogP) is 5.51. The van der Waals surface area contributed by atoms with Crippen LogP contribution in [0.15, 0.2) is 30.3 Å². The van der Waals surface area contributed by atoms with Crippen LogP contribution in [0.5, 0.6) is 0 Å². The molecule has 2 N–H and O–H groups in total. The van der Waals surface area contributed by atoms with Crippen LogP contribution in [-0.2, 0) is 16.0 Å². The normalized spacial score (nSPS) is 20.4. The summed E-state index contributed by atoms with van der Waals surface area (Å²) < 4.78 is 0. The second kappa shape index (κ2) is 12.5. The molecule has 1 aromatic carbocycles. The maximum absolute atomic E-state index is 12.3. The van der Waals surface area contributed by atoms with Crippen LogP contribution in [0.1, 0.15) is 77.2 Å². The number of unbranched alkanes of at least 4 members (excludes halogenated alkanes) is 3. The van der Waals surface area contributed by atoms with E-state index < -0.39 is 12.1 Å². The van der Waals surface area contributed by atoms with Crippen LogP contribution < -0.4 is 0 Å². The van der Waals surface area contributed by atoms with E-state index in [-0.39, 0.29) is 17.8 Å². The standard InChI is InChI=1S/C25H38O4S/c1-25(2,17-16-19-10-6-5-7-11-19)23(27)18-30-22-15-14-21(26)20(22)12-8-3-4-9-13-24(28)29/h5-7,10-11,20,22-23,27H,3-4,8-9,12-18H2,1-2H3,(H,28,29). The molecule has 3 unspecified atom stereocenters. The lowest BCUT2D eigenvalue weighted by Gasteiger charge is -2.31. The lowest BCUT2D eigenvalue weighted by molar-refractivity contribution is -0.137. The summed E-state index contributed by atoms with van der Waals surface area (Å²) in [5.41, 5.74) is 1.14. The van der Waals surface area contributed by atoms with E-state index in [2.05, 4.69) is 38.1 Å². The van der Waals surface area contributed by atoms with Gasteiger partial charge in [0, 0.05) is 29.8 Å². The minimum Gasteiger partial charge on any atom is -0.481 e. The fraction of sp³-hybridized carbons (Fsp3) is 0.680. The largest absolute Gasteiger partial charge is 0.481 e. The number of thioether (sulfide) groups is 1. The fourth-order valence-corrected chi connectivity index (χ4v) is 5.82. The molecular formula is C25H38O4S. The van der Waals surface area contributed by atoms with Gasteiger partial charge in [-0.1, -0.05) is 63.4 Å². The fourth-order valence-electron chi connectivity index (χ4n) is 4.14. The zero-order chi connectivity index (χ0) is 22.0. The number of Topliss-reactive ketones (excluding diaryl/α,β-unsaturated/α-hetero) is 1. The summed E-state index contributed by atoms with van der Waals surface area (Å²) in [4.78, 5) is 22.9. The summed E-state index contributed by atoms with van der Waals surface area (Å²) >= 11 is 1.78. The summed E-state index contributed by atoms with van der Waals surface area (Å²) in [5.74, 6) is 0.419. The van der Waals surface area contributed by atoms with Gasteiger partial charge in [-0.25, -0.2) is 0 Å². The summed E-state index contributed by atoms with van der Waals surface area (Å²) in [6.45, 7) is 4.27. The quantitative estimate of drug-likeness (QED) is 0.378. The molecule has 1 saturated carbocycles. The number of hydrogen-bond donors (Lipinski definition) is 2. The SMILES string of the molecule is CC(C)(CCc1ccccc1)C(O)CSC1CCC(=O)C1CCCCCCC(=O)O. The third kappa shape index (κ3) is 8.43. The van der Waals surface area contributed by atoms with E-state index in [0.29, 0.717) is 23.2 Å². The molecule has 0 aromatic heterocycles. The first-order chi connectivity index (χ1) is 14.3. The summed E-state index contributed by atoms with van der Waals surface area (Å²) in [7, 11) is 0. The average molecular weight is 435 g/mol. The smallest absolute Gasteiger partial charge is 0.303 e. The zero-order valence-corrected chi connectivity index (χ0v) is 19.3. The first kappa shape index (κ1) is 24.9. The van der Waals surface area contributed by atoms with E-state index in [1.165, 1.54) is 5.56 Å². The molecule has 0 aliphatic heterocycles. The molecule has 1 aliphatic rings. The molecule has 168 valence electrons. The van der Waals surface area contributed by atoms with Crippen molar-refractivity contribution in [3.8, 4) is 0 Å². The van der Waals surface area contributed by atoms with Crippen LogP contribution in [0.2, 0.25) is 0 Å². The van der Waals surface area contributed by atoms with Crippen molar-refractivity contribution in [3.05, 3.63) is 35.9 Å². The Labute approximate surface area is 185 Å². The summed E-state index contributed by atoms with van der Waals surface area (Å²) in [6, 6.07) is 10.4. The molecular weight excluding hydrogens is 396 g/mol. The highest BCUT2D eigenvalue weighted by atomic mass is 32.2. The Morgan fingerprint density at radius 1 is 1.17 bits per heavy atom. The molecule has 0 heterocycles. The third-order valence-corrected chi connectivity index (χ3v) is 7.97. The van der Waals surface area contributed by atoms with Crippen molar-refractivity contribution in [1.29, 1.82) is 0 Å². The van der Waals surface area contributed by atoms with E-state index in [0.717, 1.165) is 51.4 Å². The van der Waals surface area contributed by atoms with Crippen LogP contribution in [0, 0.1) is 11.3 Å². The highest BCUT2D eigenvalue weighted by Crippen LogP contribution is 2.38. The molecule has 1 aliphatic carbocycles. The molecule has 0 radical (unpaired) electrons. The Balaban J connectivity index is 1.72. The number of carbonyl (C=O) groups excluding carboxylic acids is 1. The van der Waals surface area contributed by atoms with Gasteiger partial charge >= 0.3 is 5.97 Å². The first-order valence-corrected chi connectivity index (χ1v) is 12.4. The molecule has 4 nitrogen and oxygen atoms in total. The predicted molar refractivity (Wildman–Crippen MR) is 124 cm³/mol. The Hall–Kier alpha value is -1.33. The maximum atomic E-state index is 12.3. The maximum Gasteiger partial charge on any atom is 0.303 e. The highest BCUT2D eigenvalue weighted by molar-refractivity contribution is 8.00. The van der Waals surface area contributed by atoms with Crippen LogP contribution in [0.4, 0.5) is 0 Å². The van der Waals surface area contributed by atoms with Crippen molar-refractivity contribution < 1.29 is 19.8 Å². The summed E-state index contributed by atoms with van der Waals surface area (Å²) in [5, 5.41) is 19.8. The van der Waals surface area contributed by atoms with Gasteiger partial charge in [0.05, 0.1) is 6.10 Å². The molecule has 0 bridgehead atoms. The minimum atomic E-state index is -0.734. The van der Waals surface area contributed by atoms with E-state index in [4.69, 9.17) is 5.11 Å². The molecule has 1 fully saturated rings. The highest BCUT2D eigenvalue weighted by Gasteiger charge is 2.36. The van der Waals surface area contributed by atoms with Gasteiger partial charge in [-0.3, -0.25) is 9.59 Å². The zero-order valence-electron chi connectivity index (χ0n) is 18.5. The second-order valence-electron chi connectivity index (χ2n) is 9.32. The number of aliphatic hydroxyl groups is 1. The molecule has 30 heavy (non-hydrogen) atoms. The molecule has 0 amide bonds. The number of carbonyl (C=O) groups is 2. The number of carboxylic acid groups (broad SMARTS) is 1. The van der Waals surface area contributed by atoms with Crippen molar-refractivity contribution in [1.82, 2.24) is 0 Å². The minimum absolute atomic E-state index is 0.106. The van der Waals surface area contributed by atoms with Gasteiger partial charge in [0.2, 0.25) is 0 Å². The Morgan fingerprint density at radius 3 is 2.57 bits per heavy atom. The Bertz CT molecular complexity index is 658. The topological polar surface area (TPSA) is 74.6 Å². The Kier molecular flexibility index (Phi) is 10.4. The van der Waals surface area contributed by atoms with E-state index in [1.807, 2.05) is 6.07 Å². The van der Waals surface area contributed by atoms with Crippen molar-refractivity contribution in [2.24, 2.45) is 11.3 Å². The van der Waals surface area contributed by atoms with E-state index in [9.17, 15) is 14.7 Å². The van der Waals surface area contributed by atoms with Crippen LogP contribution in [0.25, 0.3) is 0 Å². The van der Waals surface area contributed by atoms with Gasteiger partial charge in [-0.2, -0.15) is 11.8 Å². The number of ketones is 1. The number of aryl methyl sites for hydroxylation is 1. The molecule has 1 aromatic rings. The number of rotatable bonds is 14. The van der Waals surface area contributed by atoms with Crippen LogP contribution in [-0.4, -0.2) is 39.1 Å². The lowest BCUT2D eigenvalue weighted by Crippen LogP contribution is -2.33. The third-order valence-electron chi connectivity index (χ3n) is 6.46. The van der Waals surface area contributed by atoms with E-state index >= 15 is 0 Å². The molecule has 2 rings (SSSR count). The molecule has 0 spiro atoms. The Morgan fingerprint density at radius 2 is 1.87 bits per heavy atom. The van der Waals surface area contributed by atoms with E-state index in [1.54, 1.807) is 11.8 Å². The van der Waals surface area contributed by atoms with Gasteiger partial charge in [0.1, 0.15) is 5.78 Å². The summed E-state index contributed by atoms with van der Waals surface area (Å²) in [6.07, 6.45) is 7.83. The monoisotopic (exact) mass is 434 g/mol. The number of hydrogen-bond acceptors (Lipinski definition) is 4. The molecule has 5 heteroatoms. The van der Waals surface area contributed by atoms with Crippen LogP contribution >= 0.6 is 11.8 Å². The molecule has 3 atom stereocenters. The lowest BCUT2D eigenvalue weighted by atomic mass is 9.81. The first-order valence-electron chi connectivity index (χ1n) is 11.4. The van der Waals surface area contributed by atoms with Crippen molar-refractivity contribution in [3.63, 3.8) is 0 Å². The van der Waals surface area contributed by atoms with Gasteiger partial charge in [-0.15, -0.1) is 0 Å². The van der Waals surface area contributed by atoms with Gasteiger partial charge < -0.3 is 10.2 Å². The van der Waals surface area contributed by atoms with Gasteiger partial charge in [-0.05, 0) is 43.1 Å². The van der Waals surface area contributed by atoms with Gasteiger partial charge in [0.25, 0.3) is 0 Å². The van der Waals surface area contributed by atoms with Crippen molar-refractivity contribution in [2.75, 3.05) is 5.75 Å². The number of aliphatic carboxylic acids is 1.